The maximum atomic E-state index is 12.3. The van der Waals surface area contributed by atoms with E-state index in [1.165, 1.54) is 0 Å². The van der Waals surface area contributed by atoms with Crippen LogP contribution in [0.2, 0.25) is 0 Å². The minimum Gasteiger partial charge on any atom is -0.508 e. The molecule has 0 aromatic heterocycles. The summed E-state index contributed by atoms with van der Waals surface area (Å²) in [7, 11) is 1.74. The van der Waals surface area contributed by atoms with Crippen molar-refractivity contribution in [2.24, 2.45) is 5.73 Å². The average Bonchev–Trinajstić information content (AvgIpc) is 2.49. The largest absolute Gasteiger partial charge is 0.508 e. The molecule has 0 aliphatic heterocycles. The van der Waals surface area contributed by atoms with E-state index < -0.39 is 6.04 Å². The molecule has 1 amide bonds. The standard InChI is InChI=1S/C17H20N2O2/c1-19(12-14-7-9-15(20)10-8-14)17(21)16(18)11-13-5-3-2-4-6-13/h2-10,16,20H,11-12,18H2,1H3/t16-/m1/s1. The first-order valence-electron chi connectivity index (χ1n) is 6.88. The van der Waals surface area contributed by atoms with Gasteiger partial charge in [-0.05, 0) is 29.7 Å². The smallest absolute Gasteiger partial charge is 0.239 e. The fourth-order valence-electron chi connectivity index (χ4n) is 2.19. The normalized spacial score (nSPS) is 11.9. The van der Waals surface area contributed by atoms with Crippen molar-refractivity contribution in [2.75, 3.05) is 7.05 Å². The molecule has 0 saturated carbocycles. The van der Waals surface area contributed by atoms with Gasteiger partial charge in [0.2, 0.25) is 5.91 Å². The van der Waals surface area contributed by atoms with Crippen LogP contribution < -0.4 is 5.73 Å². The average molecular weight is 284 g/mol. The molecule has 0 spiro atoms. The van der Waals surface area contributed by atoms with Crippen LogP contribution in [0.3, 0.4) is 0 Å². The fourth-order valence-corrected chi connectivity index (χ4v) is 2.19. The number of benzene rings is 2. The van der Waals surface area contributed by atoms with Crippen molar-refractivity contribution >= 4 is 5.91 Å². The van der Waals surface area contributed by atoms with E-state index in [9.17, 15) is 9.90 Å². The second kappa shape index (κ2) is 6.90. The Morgan fingerprint density at radius 1 is 1.10 bits per heavy atom. The number of phenolic OH excluding ortho intramolecular Hbond substituents is 1. The minimum atomic E-state index is -0.547. The molecule has 0 bridgehead atoms. The highest BCUT2D eigenvalue weighted by Crippen LogP contribution is 2.12. The van der Waals surface area contributed by atoms with E-state index in [4.69, 9.17) is 5.73 Å². The number of hydrogen-bond donors (Lipinski definition) is 2. The van der Waals surface area contributed by atoms with Gasteiger partial charge in [0.1, 0.15) is 5.75 Å². The molecule has 0 aliphatic carbocycles. The third-order valence-electron chi connectivity index (χ3n) is 3.35. The van der Waals surface area contributed by atoms with Crippen LogP contribution in [0.5, 0.6) is 5.75 Å². The Hall–Kier alpha value is -2.33. The molecular formula is C17H20N2O2. The molecule has 1 atom stereocenters. The number of carbonyl (C=O) groups is 1. The SMILES string of the molecule is CN(Cc1ccc(O)cc1)C(=O)[C@H](N)Cc1ccccc1. The Balaban J connectivity index is 1.93. The number of hydrogen-bond acceptors (Lipinski definition) is 3. The van der Waals surface area contributed by atoms with E-state index in [0.717, 1.165) is 11.1 Å². The summed E-state index contributed by atoms with van der Waals surface area (Å²) in [5.41, 5.74) is 8.00. The van der Waals surface area contributed by atoms with Crippen molar-refractivity contribution in [3.8, 4) is 5.75 Å². The van der Waals surface area contributed by atoms with Gasteiger partial charge in [-0.1, -0.05) is 42.5 Å². The van der Waals surface area contributed by atoms with Gasteiger partial charge in [-0.25, -0.2) is 0 Å². The van der Waals surface area contributed by atoms with Gasteiger partial charge in [0.25, 0.3) is 0 Å². The van der Waals surface area contributed by atoms with Crippen LogP contribution in [0.4, 0.5) is 0 Å². The number of nitrogens with zero attached hydrogens (tertiary/aromatic N) is 1. The Bertz CT molecular complexity index is 581. The summed E-state index contributed by atoms with van der Waals surface area (Å²) in [5, 5.41) is 9.25. The van der Waals surface area contributed by atoms with Crippen molar-refractivity contribution in [2.45, 2.75) is 19.0 Å². The van der Waals surface area contributed by atoms with Crippen LogP contribution in [0.1, 0.15) is 11.1 Å². The summed E-state index contributed by atoms with van der Waals surface area (Å²) in [6, 6.07) is 16.0. The van der Waals surface area contributed by atoms with Crippen LogP contribution in [-0.2, 0) is 17.8 Å². The third-order valence-corrected chi connectivity index (χ3v) is 3.35. The zero-order valence-electron chi connectivity index (χ0n) is 12.1. The summed E-state index contributed by atoms with van der Waals surface area (Å²) >= 11 is 0. The zero-order chi connectivity index (χ0) is 15.2. The first kappa shape index (κ1) is 15.1. The van der Waals surface area contributed by atoms with Gasteiger partial charge in [-0.3, -0.25) is 4.79 Å². The summed E-state index contributed by atoms with van der Waals surface area (Å²) in [6.07, 6.45) is 0.527. The van der Waals surface area contributed by atoms with Crippen LogP contribution in [-0.4, -0.2) is 29.0 Å². The maximum Gasteiger partial charge on any atom is 0.239 e. The number of phenols is 1. The summed E-state index contributed by atoms with van der Waals surface area (Å²) in [4.78, 5) is 13.9. The number of likely N-dealkylation sites (N-methyl/N-ethyl adjacent to an activating group) is 1. The Kier molecular flexibility index (Phi) is 4.95. The Morgan fingerprint density at radius 3 is 2.33 bits per heavy atom. The maximum absolute atomic E-state index is 12.3. The second-order valence-electron chi connectivity index (χ2n) is 5.16. The monoisotopic (exact) mass is 284 g/mol. The molecule has 0 fully saturated rings. The van der Waals surface area contributed by atoms with Crippen LogP contribution in [0.25, 0.3) is 0 Å². The number of nitrogens with two attached hydrogens (primary N) is 1. The minimum absolute atomic E-state index is 0.0908. The summed E-state index contributed by atoms with van der Waals surface area (Å²) < 4.78 is 0. The molecular weight excluding hydrogens is 264 g/mol. The molecule has 3 N–H and O–H groups in total. The molecule has 4 heteroatoms. The predicted molar refractivity (Wildman–Crippen MR) is 82.7 cm³/mol. The van der Waals surface area contributed by atoms with Gasteiger partial charge in [0.05, 0.1) is 6.04 Å². The number of aromatic hydroxyl groups is 1. The van der Waals surface area contributed by atoms with Crippen molar-refractivity contribution in [1.29, 1.82) is 0 Å². The fraction of sp³-hybridized carbons (Fsp3) is 0.235. The molecule has 110 valence electrons. The van der Waals surface area contributed by atoms with E-state index >= 15 is 0 Å². The first-order chi connectivity index (χ1) is 10.1. The highest BCUT2D eigenvalue weighted by Gasteiger charge is 2.18. The van der Waals surface area contributed by atoms with E-state index in [1.54, 1.807) is 36.2 Å². The lowest BCUT2D eigenvalue weighted by Crippen LogP contribution is -2.42. The summed E-state index contributed by atoms with van der Waals surface area (Å²) in [5.74, 6) is 0.125. The molecule has 2 aromatic carbocycles. The number of amides is 1. The molecule has 0 saturated heterocycles. The quantitative estimate of drug-likeness (QED) is 0.881. The topological polar surface area (TPSA) is 66.6 Å². The van der Waals surface area contributed by atoms with Gasteiger partial charge in [0.15, 0.2) is 0 Å². The van der Waals surface area contributed by atoms with Crippen LogP contribution in [0.15, 0.2) is 54.6 Å². The predicted octanol–water partition coefficient (Wildman–Crippen LogP) is 1.92. The van der Waals surface area contributed by atoms with E-state index in [1.807, 2.05) is 30.3 Å². The van der Waals surface area contributed by atoms with Gasteiger partial charge in [-0.2, -0.15) is 0 Å². The van der Waals surface area contributed by atoms with E-state index in [-0.39, 0.29) is 11.7 Å². The molecule has 0 radical (unpaired) electrons. The van der Waals surface area contributed by atoms with Crippen LogP contribution >= 0.6 is 0 Å². The van der Waals surface area contributed by atoms with Gasteiger partial charge < -0.3 is 15.7 Å². The first-order valence-corrected chi connectivity index (χ1v) is 6.88. The molecule has 0 heterocycles. The van der Waals surface area contributed by atoms with Crippen molar-refractivity contribution in [1.82, 2.24) is 4.90 Å². The van der Waals surface area contributed by atoms with E-state index in [2.05, 4.69) is 0 Å². The second-order valence-corrected chi connectivity index (χ2v) is 5.16. The molecule has 4 nitrogen and oxygen atoms in total. The lowest BCUT2D eigenvalue weighted by atomic mass is 10.1. The van der Waals surface area contributed by atoms with Crippen molar-refractivity contribution in [3.05, 3.63) is 65.7 Å². The molecule has 2 aromatic rings. The van der Waals surface area contributed by atoms with Gasteiger partial charge in [0, 0.05) is 13.6 Å². The highest BCUT2D eigenvalue weighted by molar-refractivity contribution is 5.81. The Morgan fingerprint density at radius 2 is 1.71 bits per heavy atom. The number of carbonyl (C=O) groups excluding carboxylic acids is 1. The zero-order valence-corrected chi connectivity index (χ0v) is 12.1. The van der Waals surface area contributed by atoms with Gasteiger partial charge >= 0.3 is 0 Å². The molecule has 2 rings (SSSR count). The van der Waals surface area contributed by atoms with Crippen molar-refractivity contribution in [3.63, 3.8) is 0 Å². The Labute approximate surface area is 124 Å². The van der Waals surface area contributed by atoms with Crippen LogP contribution in [0, 0.1) is 0 Å². The summed E-state index contributed by atoms with van der Waals surface area (Å²) in [6.45, 7) is 0.474. The van der Waals surface area contributed by atoms with E-state index in [0.29, 0.717) is 13.0 Å². The third kappa shape index (κ3) is 4.33. The molecule has 0 aliphatic rings. The number of rotatable bonds is 5. The molecule has 21 heavy (non-hydrogen) atoms. The van der Waals surface area contributed by atoms with Crippen molar-refractivity contribution < 1.29 is 9.90 Å². The molecule has 0 unspecified atom stereocenters. The lowest BCUT2D eigenvalue weighted by molar-refractivity contribution is -0.131. The highest BCUT2D eigenvalue weighted by atomic mass is 16.3. The lowest BCUT2D eigenvalue weighted by Gasteiger charge is -2.21. The van der Waals surface area contributed by atoms with Gasteiger partial charge in [-0.15, -0.1) is 0 Å².